The van der Waals surface area contributed by atoms with Crippen LogP contribution >= 0.6 is 0 Å². The average molecular weight is 392 g/mol. The second kappa shape index (κ2) is 8.11. The molecule has 1 aromatic carbocycles. The molecule has 1 aromatic heterocycles. The first-order chi connectivity index (χ1) is 14.3. The largest absolute Gasteiger partial charge is 0.403 e. The molecule has 2 heterocycles. The molecule has 5 rings (SSSR count). The SMILES string of the molecule is CCC1=NCN(c2nnc(-c3ccc(CN(CC4CC4)C4CCC4)cc3)o2)C=C1. The van der Waals surface area contributed by atoms with Gasteiger partial charge < -0.3 is 4.42 Å². The fraction of sp³-hybridized carbons (Fsp3) is 0.522. The molecular weight excluding hydrogens is 362 g/mol. The Labute approximate surface area is 172 Å². The van der Waals surface area contributed by atoms with E-state index >= 15 is 0 Å². The quantitative estimate of drug-likeness (QED) is 0.656. The zero-order valence-corrected chi connectivity index (χ0v) is 17.1. The summed E-state index contributed by atoms with van der Waals surface area (Å²) in [6, 6.07) is 9.89. The molecule has 1 aliphatic heterocycles. The van der Waals surface area contributed by atoms with Crippen molar-refractivity contribution in [2.45, 2.75) is 58.0 Å². The van der Waals surface area contributed by atoms with Crippen LogP contribution < -0.4 is 4.90 Å². The minimum absolute atomic E-state index is 0.486. The van der Waals surface area contributed by atoms with Crippen LogP contribution in [-0.4, -0.2) is 40.1 Å². The Kier molecular flexibility index (Phi) is 5.19. The summed E-state index contributed by atoms with van der Waals surface area (Å²) in [6.07, 6.45) is 11.8. The van der Waals surface area contributed by atoms with Gasteiger partial charge in [-0.05, 0) is 61.8 Å². The lowest BCUT2D eigenvalue weighted by atomic mass is 9.91. The summed E-state index contributed by atoms with van der Waals surface area (Å²) >= 11 is 0. The van der Waals surface area contributed by atoms with Gasteiger partial charge in [-0.1, -0.05) is 30.6 Å². The number of nitrogens with zero attached hydrogens (tertiary/aromatic N) is 5. The van der Waals surface area contributed by atoms with Gasteiger partial charge in [0.15, 0.2) is 0 Å². The van der Waals surface area contributed by atoms with E-state index in [9.17, 15) is 0 Å². The first-order valence-electron chi connectivity index (χ1n) is 10.9. The number of benzene rings is 1. The molecule has 6 nitrogen and oxygen atoms in total. The summed E-state index contributed by atoms with van der Waals surface area (Å²) in [5.41, 5.74) is 3.42. The van der Waals surface area contributed by atoms with Crippen molar-refractivity contribution in [3.8, 4) is 11.5 Å². The molecule has 0 N–H and O–H groups in total. The maximum Gasteiger partial charge on any atom is 0.324 e. The molecule has 0 atom stereocenters. The van der Waals surface area contributed by atoms with Crippen molar-refractivity contribution in [2.24, 2.45) is 10.9 Å². The van der Waals surface area contributed by atoms with E-state index < -0.39 is 0 Å². The average Bonchev–Trinajstić information content (AvgIpc) is 3.39. The fourth-order valence-electron chi connectivity index (χ4n) is 3.96. The molecule has 152 valence electrons. The molecule has 0 spiro atoms. The normalized spacial score (nSPS) is 19.5. The number of hydrogen-bond acceptors (Lipinski definition) is 6. The zero-order valence-electron chi connectivity index (χ0n) is 17.1. The van der Waals surface area contributed by atoms with Crippen molar-refractivity contribution >= 4 is 11.7 Å². The highest BCUT2D eigenvalue weighted by atomic mass is 16.4. The van der Waals surface area contributed by atoms with Crippen LogP contribution in [0.15, 0.2) is 46.0 Å². The van der Waals surface area contributed by atoms with Crippen LogP contribution in [0.4, 0.5) is 6.01 Å². The zero-order chi connectivity index (χ0) is 19.6. The van der Waals surface area contributed by atoms with E-state index in [0.717, 1.165) is 36.2 Å². The molecule has 0 saturated heterocycles. The molecule has 2 fully saturated rings. The fourth-order valence-corrected chi connectivity index (χ4v) is 3.96. The Balaban J connectivity index is 1.24. The highest BCUT2D eigenvalue weighted by Gasteiger charge is 2.30. The van der Waals surface area contributed by atoms with Crippen LogP contribution in [-0.2, 0) is 6.54 Å². The predicted molar refractivity (Wildman–Crippen MR) is 115 cm³/mol. The number of anilines is 1. The molecule has 6 heteroatoms. The molecule has 29 heavy (non-hydrogen) atoms. The van der Waals surface area contributed by atoms with Crippen molar-refractivity contribution < 1.29 is 4.42 Å². The van der Waals surface area contributed by atoms with Gasteiger partial charge in [0.1, 0.15) is 6.67 Å². The molecule has 3 aliphatic rings. The molecule has 2 aliphatic carbocycles. The maximum absolute atomic E-state index is 5.90. The summed E-state index contributed by atoms with van der Waals surface area (Å²) in [7, 11) is 0. The Morgan fingerprint density at radius 1 is 1.10 bits per heavy atom. The minimum Gasteiger partial charge on any atom is -0.403 e. The summed E-state index contributed by atoms with van der Waals surface area (Å²) in [6.45, 7) is 4.95. The lowest BCUT2D eigenvalue weighted by Crippen LogP contribution is -2.40. The van der Waals surface area contributed by atoms with E-state index in [-0.39, 0.29) is 0 Å². The second-order valence-electron chi connectivity index (χ2n) is 8.47. The van der Waals surface area contributed by atoms with Crippen molar-refractivity contribution in [1.29, 1.82) is 0 Å². The molecule has 0 bridgehead atoms. The lowest BCUT2D eigenvalue weighted by Gasteiger charge is -2.37. The Hall–Kier alpha value is -2.47. The van der Waals surface area contributed by atoms with Crippen LogP contribution in [0.3, 0.4) is 0 Å². The van der Waals surface area contributed by atoms with Crippen LogP contribution in [0.25, 0.3) is 11.5 Å². The van der Waals surface area contributed by atoms with Gasteiger partial charge in [-0.2, -0.15) is 0 Å². The molecule has 2 saturated carbocycles. The Morgan fingerprint density at radius 3 is 2.55 bits per heavy atom. The monoisotopic (exact) mass is 391 g/mol. The molecule has 0 radical (unpaired) electrons. The third-order valence-corrected chi connectivity index (χ3v) is 6.26. The van der Waals surface area contributed by atoms with Gasteiger partial charge in [-0.3, -0.25) is 14.8 Å². The van der Waals surface area contributed by atoms with Gasteiger partial charge in [0.05, 0.1) is 0 Å². The van der Waals surface area contributed by atoms with Crippen LogP contribution in [0.5, 0.6) is 0 Å². The van der Waals surface area contributed by atoms with E-state index in [1.54, 1.807) is 0 Å². The molecule has 0 unspecified atom stereocenters. The van der Waals surface area contributed by atoms with Crippen molar-refractivity contribution in [3.63, 3.8) is 0 Å². The number of aromatic nitrogens is 2. The van der Waals surface area contributed by atoms with E-state index in [1.165, 1.54) is 44.2 Å². The van der Waals surface area contributed by atoms with Gasteiger partial charge >= 0.3 is 6.01 Å². The Bertz CT molecular complexity index is 892. The van der Waals surface area contributed by atoms with E-state index in [4.69, 9.17) is 4.42 Å². The smallest absolute Gasteiger partial charge is 0.324 e. The third-order valence-electron chi connectivity index (χ3n) is 6.26. The first-order valence-corrected chi connectivity index (χ1v) is 10.9. The van der Waals surface area contributed by atoms with Gasteiger partial charge in [0, 0.05) is 36.6 Å². The van der Waals surface area contributed by atoms with Gasteiger partial charge in [-0.15, -0.1) is 5.10 Å². The first kappa shape index (κ1) is 18.6. The number of allylic oxidation sites excluding steroid dienone is 1. The second-order valence-corrected chi connectivity index (χ2v) is 8.47. The number of rotatable bonds is 8. The summed E-state index contributed by atoms with van der Waals surface area (Å²) in [5, 5.41) is 8.44. The van der Waals surface area contributed by atoms with Crippen LogP contribution in [0.2, 0.25) is 0 Å². The number of aliphatic imine (C=N–C) groups is 1. The molecule has 2 aromatic rings. The summed E-state index contributed by atoms with van der Waals surface area (Å²) in [4.78, 5) is 9.08. The summed E-state index contributed by atoms with van der Waals surface area (Å²) in [5.74, 6) is 1.49. The van der Waals surface area contributed by atoms with Crippen molar-refractivity contribution in [2.75, 3.05) is 18.1 Å². The van der Waals surface area contributed by atoms with E-state index in [0.29, 0.717) is 18.6 Å². The summed E-state index contributed by atoms with van der Waals surface area (Å²) < 4.78 is 5.90. The third kappa shape index (κ3) is 4.27. The topological polar surface area (TPSA) is 57.8 Å². The molecule has 0 amide bonds. The van der Waals surface area contributed by atoms with Crippen molar-refractivity contribution in [1.82, 2.24) is 15.1 Å². The highest BCUT2D eigenvalue weighted by Crippen LogP contribution is 2.34. The van der Waals surface area contributed by atoms with Gasteiger partial charge in [0.25, 0.3) is 0 Å². The van der Waals surface area contributed by atoms with E-state index in [2.05, 4.69) is 51.3 Å². The van der Waals surface area contributed by atoms with Crippen LogP contribution in [0.1, 0.15) is 51.0 Å². The van der Waals surface area contributed by atoms with Crippen LogP contribution in [0, 0.1) is 5.92 Å². The maximum atomic E-state index is 5.90. The van der Waals surface area contributed by atoms with Gasteiger partial charge in [0.2, 0.25) is 5.89 Å². The Morgan fingerprint density at radius 2 is 1.93 bits per heavy atom. The van der Waals surface area contributed by atoms with E-state index in [1.807, 2.05) is 17.2 Å². The number of hydrogen-bond donors (Lipinski definition) is 0. The highest BCUT2D eigenvalue weighted by molar-refractivity contribution is 5.95. The lowest BCUT2D eigenvalue weighted by molar-refractivity contribution is 0.114. The van der Waals surface area contributed by atoms with Crippen molar-refractivity contribution in [3.05, 3.63) is 42.1 Å². The standard InChI is InChI=1S/C23H29N5O/c1-2-20-12-13-27(16-24-20)23-26-25-22(29-23)19-10-8-18(9-11-19)15-28(14-17-6-7-17)21-4-3-5-21/h8-13,17,21H,2-7,14-16H2,1H3. The van der Waals surface area contributed by atoms with Gasteiger partial charge in [-0.25, -0.2) is 0 Å². The minimum atomic E-state index is 0.486. The molecular formula is C23H29N5O. The predicted octanol–water partition coefficient (Wildman–Crippen LogP) is 4.64.